The maximum atomic E-state index is 12.7. The molecule has 0 atom stereocenters. The molecule has 1 aliphatic rings. The predicted octanol–water partition coefficient (Wildman–Crippen LogP) is 4.16. The Kier molecular flexibility index (Phi) is 6.01. The molecule has 1 aliphatic heterocycles. The Morgan fingerprint density at radius 2 is 1.44 bits per heavy atom. The van der Waals surface area contributed by atoms with Gasteiger partial charge in [0.05, 0.1) is 0 Å². The highest BCUT2D eigenvalue weighted by atomic mass is 16.2. The number of benzene rings is 2. The molecule has 1 fully saturated rings. The summed E-state index contributed by atoms with van der Waals surface area (Å²) in [4.78, 5) is 38.5. The van der Waals surface area contributed by atoms with Gasteiger partial charge < -0.3 is 10.2 Å². The van der Waals surface area contributed by atoms with Crippen LogP contribution in [-0.4, -0.2) is 35.6 Å². The molecule has 5 heteroatoms. The Labute approximate surface area is 159 Å². The zero-order chi connectivity index (χ0) is 19.2. The summed E-state index contributed by atoms with van der Waals surface area (Å²) >= 11 is 0. The minimum atomic E-state index is -0.281. The van der Waals surface area contributed by atoms with Crippen LogP contribution in [0.2, 0.25) is 0 Å². The van der Waals surface area contributed by atoms with E-state index in [1.54, 1.807) is 48.5 Å². The lowest BCUT2D eigenvalue weighted by atomic mass is 10.1. The molecule has 0 spiro atoms. The summed E-state index contributed by atoms with van der Waals surface area (Å²) in [6.45, 7) is 3.05. The third kappa shape index (κ3) is 4.82. The van der Waals surface area contributed by atoms with Gasteiger partial charge >= 0.3 is 0 Å². The lowest BCUT2D eigenvalue weighted by molar-refractivity contribution is 0.0761. The van der Waals surface area contributed by atoms with E-state index in [0.717, 1.165) is 38.8 Å². The highest BCUT2D eigenvalue weighted by Gasteiger charge is 2.18. The third-order valence-corrected chi connectivity index (χ3v) is 4.81. The molecule has 2 amide bonds. The van der Waals surface area contributed by atoms with Gasteiger partial charge in [-0.2, -0.15) is 0 Å². The first-order valence-electron chi connectivity index (χ1n) is 9.36. The van der Waals surface area contributed by atoms with Crippen molar-refractivity contribution >= 4 is 23.3 Å². The van der Waals surface area contributed by atoms with Gasteiger partial charge in [0.25, 0.3) is 11.8 Å². The molecule has 0 aromatic heterocycles. The fraction of sp³-hybridized carbons (Fsp3) is 0.318. The van der Waals surface area contributed by atoms with Crippen molar-refractivity contribution in [1.29, 1.82) is 0 Å². The van der Waals surface area contributed by atoms with Crippen LogP contribution in [-0.2, 0) is 0 Å². The van der Waals surface area contributed by atoms with Crippen molar-refractivity contribution in [3.05, 3.63) is 65.2 Å². The summed E-state index contributed by atoms with van der Waals surface area (Å²) in [5.74, 6) is -0.318. The van der Waals surface area contributed by atoms with Crippen molar-refractivity contribution in [1.82, 2.24) is 4.90 Å². The van der Waals surface area contributed by atoms with E-state index in [-0.39, 0.29) is 17.6 Å². The molecule has 1 heterocycles. The van der Waals surface area contributed by atoms with Crippen LogP contribution < -0.4 is 5.32 Å². The van der Waals surface area contributed by atoms with Gasteiger partial charge in [-0.1, -0.05) is 18.9 Å². The zero-order valence-electron chi connectivity index (χ0n) is 15.5. The lowest BCUT2D eigenvalue weighted by Gasteiger charge is -2.20. The van der Waals surface area contributed by atoms with Crippen molar-refractivity contribution < 1.29 is 14.4 Å². The Balaban J connectivity index is 1.71. The Hall–Kier alpha value is -2.95. The molecule has 0 unspecified atom stereocenters. The Bertz CT molecular complexity index is 835. The number of carbonyl (C=O) groups is 3. The number of nitrogens with one attached hydrogen (secondary N) is 1. The molecule has 0 aliphatic carbocycles. The number of Topliss-reactive ketones (excluding diaryl/α,β-unsaturated/α-hetero) is 1. The van der Waals surface area contributed by atoms with E-state index in [1.165, 1.54) is 6.92 Å². The van der Waals surface area contributed by atoms with Gasteiger partial charge in [0.15, 0.2) is 5.78 Å². The molecule has 0 saturated carbocycles. The van der Waals surface area contributed by atoms with Crippen molar-refractivity contribution in [2.75, 3.05) is 18.4 Å². The second-order valence-corrected chi connectivity index (χ2v) is 6.87. The molecular weight excluding hydrogens is 340 g/mol. The van der Waals surface area contributed by atoms with Crippen molar-refractivity contribution in [2.45, 2.75) is 32.6 Å². The molecule has 2 aromatic carbocycles. The van der Waals surface area contributed by atoms with Crippen molar-refractivity contribution in [3.8, 4) is 0 Å². The van der Waals surface area contributed by atoms with Gasteiger partial charge in [0.2, 0.25) is 0 Å². The number of rotatable bonds is 4. The van der Waals surface area contributed by atoms with Crippen molar-refractivity contribution in [3.63, 3.8) is 0 Å². The van der Waals surface area contributed by atoms with E-state index >= 15 is 0 Å². The first-order valence-corrected chi connectivity index (χ1v) is 9.36. The van der Waals surface area contributed by atoms with Crippen LogP contribution in [0.4, 0.5) is 5.69 Å². The molecule has 3 rings (SSSR count). The van der Waals surface area contributed by atoms with Gasteiger partial charge in [-0.3, -0.25) is 14.4 Å². The number of likely N-dealkylation sites (tertiary alicyclic amines) is 1. The topological polar surface area (TPSA) is 66.5 Å². The third-order valence-electron chi connectivity index (χ3n) is 4.81. The summed E-state index contributed by atoms with van der Waals surface area (Å²) in [5, 5.41) is 2.80. The van der Waals surface area contributed by atoms with Crippen LogP contribution in [0.5, 0.6) is 0 Å². The molecule has 5 nitrogen and oxygen atoms in total. The number of hydrogen-bond acceptors (Lipinski definition) is 3. The average molecular weight is 364 g/mol. The number of ketones is 1. The number of carbonyl (C=O) groups excluding carboxylic acids is 3. The molecule has 0 radical (unpaired) electrons. The van der Waals surface area contributed by atoms with Gasteiger partial charge in [-0.05, 0) is 62.2 Å². The monoisotopic (exact) mass is 364 g/mol. The van der Waals surface area contributed by atoms with Crippen LogP contribution in [0.3, 0.4) is 0 Å². The van der Waals surface area contributed by atoms with E-state index < -0.39 is 0 Å². The number of anilines is 1. The highest BCUT2D eigenvalue weighted by molar-refractivity contribution is 6.06. The number of amides is 2. The largest absolute Gasteiger partial charge is 0.339 e. The fourth-order valence-corrected chi connectivity index (χ4v) is 3.24. The molecular formula is C22H24N2O3. The second-order valence-electron chi connectivity index (χ2n) is 6.87. The molecule has 140 valence electrons. The van der Waals surface area contributed by atoms with Crippen LogP contribution in [0.15, 0.2) is 48.5 Å². The summed E-state index contributed by atoms with van der Waals surface area (Å²) in [6.07, 6.45) is 4.38. The Morgan fingerprint density at radius 3 is 2.07 bits per heavy atom. The quantitative estimate of drug-likeness (QED) is 0.829. The van der Waals surface area contributed by atoms with E-state index in [9.17, 15) is 14.4 Å². The van der Waals surface area contributed by atoms with Gasteiger partial charge in [0, 0.05) is 35.5 Å². The van der Waals surface area contributed by atoms with Crippen LogP contribution in [0, 0.1) is 0 Å². The van der Waals surface area contributed by atoms with E-state index in [2.05, 4.69) is 5.32 Å². The number of hydrogen-bond donors (Lipinski definition) is 1. The zero-order valence-corrected chi connectivity index (χ0v) is 15.5. The second kappa shape index (κ2) is 8.62. The van der Waals surface area contributed by atoms with E-state index in [0.29, 0.717) is 22.4 Å². The molecule has 1 saturated heterocycles. The molecule has 1 N–H and O–H groups in total. The van der Waals surface area contributed by atoms with Gasteiger partial charge in [0.1, 0.15) is 0 Å². The molecule has 0 bridgehead atoms. The first-order chi connectivity index (χ1) is 13.0. The summed E-state index contributed by atoms with van der Waals surface area (Å²) in [7, 11) is 0. The maximum Gasteiger partial charge on any atom is 0.255 e. The van der Waals surface area contributed by atoms with Crippen LogP contribution >= 0.6 is 0 Å². The SMILES string of the molecule is CC(=O)c1ccc(NC(=O)c2cccc(C(=O)N3CCCCCC3)c2)cc1. The van der Waals surface area contributed by atoms with Gasteiger partial charge in [-0.25, -0.2) is 0 Å². The van der Waals surface area contributed by atoms with E-state index in [4.69, 9.17) is 0 Å². The van der Waals surface area contributed by atoms with Crippen LogP contribution in [0.25, 0.3) is 0 Å². The normalized spacial score (nSPS) is 14.3. The summed E-state index contributed by atoms with van der Waals surface area (Å²) < 4.78 is 0. The standard InChI is InChI=1S/C22H24N2O3/c1-16(25)17-9-11-20(12-10-17)23-21(26)18-7-6-8-19(15-18)22(27)24-13-4-2-3-5-14-24/h6-12,15H,2-5,13-14H2,1H3,(H,23,26). The summed E-state index contributed by atoms with van der Waals surface area (Å²) in [5.41, 5.74) is 2.18. The van der Waals surface area contributed by atoms with Gasteiger partial charge in [-0.15, -0.1) is 0 Å². The highest BCUT2D eigenvalue weighted by Crippen LogP contribution is 2.16. The fourth-order valence-electron chi connectivity index (χ4n) is 3.24. The lowest BCUT2D eigenvalue weighted by Crippen LogP contribution is -2.32. The van der Waals surface area contributed by atoms with Crippen molar-refractivity contribution in [2.24, 2.45) is 0 Å². The average Bonchev–Trinajstić information content (AvgIpc) is 2.97. The Morgan fingerprint density at radius 1 is 0.815 bits per heavy atom. The summed E-state index contributed by atoms with van der Waals surface area (Å²) in [6, 6.07) is 13.6. The first kappa shape index (κ1) is 18.8. The molecule has 27 heavy (non-hydrogen) atoms. The minimum absolute atomic E-state index is 0.0163. The van der Waals surface area contributed by atoms with E-state index in [1.807, 2.05) is 4.90 Å². The van der Waals surface area contributed by atoms with Crippen LogP contribution in [0.1, 0.15) is 63.7 Å². The smallest absolute Gasteiger partial charge is 0.255 e. The number of nitrogens with zero attached hydrogens (tertiary/aromatic N) is 1. The molecule has 2 aromatic rings. The maximum absolute atomic E-state index is 12.7. The minimum Gasteiger partial charge on any atom is -0.339 e. The predicted molar refractivity (Wildman–Crippen MR) is 105 cm³/mol.